The first-order chi connectivity index (χ1) is 12.2. The van der Waals surface area contributed by atoms with Crippen molar-refractivity contribution in [2.75, 3.05) is 26.4 Å². The van der Waals surface area contributed by atoms with Gasteiger partial charge >= 0.3 is 0 Å². The number of pyridine rings is 1. The van der Waals surface area contributed by atoms with Gasteiger partial charge in [0.15, 0.2) is 0 Å². The Morgan fingerprint density at radius 2 is 2.12 bits per heavy atom. The molecule has 1 fully saturated rings. The number of carbonyl (C=O) groups is 1. The molecular formula is C18H19FN2O4. The molecular weight excluding hydrogens is 327 g/mol. The molecule has 2 aromatic rings. The van der Waals surface area contributed by atoms with Gasteiger partial charge in [-0.1, -0.05) is 0 Å². The molecule has 0 bridgehead atoms. The van der Waals surface area contributed by atoms with E-state index in [1.807, 2.05) is 0 Å². The van der Waals surface area contributed by atoms with Gasteiger partial charge in [0, 0.05) is 18.7 Å². The summed E-state index contributed by atoms with van der Waals surface area (Å²) in [6, 6.07) is 9.04. The number of halogens is 1. The fourth-order valence-electron chi connectivity index (χ4n) is 2.33. The number of hydrogen-bond donors (Lipinski definition) is 1. The molecule has 1 aromatic heterocycles. The van der Waals surface area contributed by atoms with Gasteiger partial charge in [0.25, 0.3) is 5.91 Å². The third kappa shape index (κ3) is 5.15. The minimum absolute atomic E-state index is 0.0239. The molecule has 6 nitrogen and oxygen atoms in total. The number of aromatic nitrogens is 1. The molecule has 0 unspecified atom stereocenters. The Labute approximate surface area is 144 Å². The van der Waals surface area contributed by atoms with Crippen molar-refractivity contribution in [2.24, 2.45) is 0 Å². The summed E-state index contributed by atoms with van der Waals surface area (Å²) in [4.78, 5) is 16.2. The summed E-state index contributed by atoms with van der Waals surface area (Å²) in [7, 11) is 0. The van der Waals surface area contributed by atoms with E-state index in [1.165, 1.54) is 30.5 Å². The monoisotopic (exact) mass is 346 g/mol. The fraction of sp³-hybridized carbons (Fsp3) is 0.333. The molecule has 3 rings (SSSR count). The average molecular weight is 346 g/mol. The Morgan fingerprint density at radius 1 is 1.28 bits per heavy atom. The van der Waals surface area contributed by atoms with Gasteiger partial charge in [0.05, 0.1) is 25.3 Å². The summed E-state index contributed by atoms with van der Waals surface area (Å²) >= 11 is 0. The Kier molecular flexibility index (Phi) is 5.79. The van der Waals surface area contributed by atoms with Crippen LogP contribution in [0.5, 0.6) is 11.6 Å². The molecule has 0 radical (unpaired) electrons. The van der Waals surface area contributed by atoms with Crippen LogP contribution in [0.15, 0.2) is 42.6 Å². The molecule has 7 heteroatoms. The van der Waals surface area contributed by atoms with E-state index in [-0.39, 0.29) is 24.4 Å². The number of ether oxygens (including phenoxy) is 3. The maximum Gasteiger partial charge on any atom is 0.252 e. The zero-order valence-corrected chi connectivity index (χ0v) is 13.6. The van der Waals surface area contributed by atoms with Crippen LogP contribution in [0.1, 0.15) is 16.8 Å². The lowest BCUT2D eigenvalue weighted by atomic mass is 10.2. The quantitative estimate of drug-likeness (QED) is 0.779. The first-order valence-electron chi connectivity index (χ1n) is 8.08. The second-order valence-electron chi connectivity index (χ2n) is 5.55. The molecule has 1 atom stereocenters. The molecule has 2 heterocycles. The molecule has 0 saturated carbocycles. The molecule has 1 amide bonds. The Bertz CT molecular complexity index is 685. The lowest BCUT2D eigenvalue weighted by Crippen LogP contribution is -2.28. The number of nitrogens with zero attached hydrogens (tertiary/aromatic N) is 1. The largest absolute Gasteiger partial charge is 0.492 e. The highest BCUT2D eigenvalue weighted by molar-refractivity contribution is 5.93. The zero-order valence-electron chi connectivity index (χ0n) is 13.6. The Hall–Kier alpha value is -2.67. The lowest BCUT2D eigenvalue weighted by molar-refractivity contribution is 0.0946. The summed E-state index contributed by atoms with van der Waals surface area (Å²) in [5, 5.41) is 2.73. The third-order valence-electron chi connectivity index (χ3n) is 3.64. The van der Waals surface area contributed by atoms with Crippen LogP contribution < -0.4 is 14.8 Å². The van der Waals surface area contributed by atoms with E-state index < -0.39 is 0 Å². The van der Waals surface area contributed by atoms with E-state index in [2.05, 4.69) is 10.3 Å². The van der Waals surface area contributed by atoms with Crippen LogP contribution in [0.3, 0.4) is 0 Å². The minimum Gasteiger partial charge on any atom is -0.492 e. The maximum atomic E-state index is 12.8. The molecule has 1 aliphatic rings. The van der Waals surface area contributed by atoms with Crippen LogP contribution in [0, 0.1) is 5.82 Å². The van der Waals surface area contributed by atoms with E-state index in [0.717, 1.165) is 6.42 Å². The number of hydrogen-bond acceptors (Lipinski definition) is 5. The van der Waals surface area contributed by atoms with Gasteiger partial charge in [-0.15, -0.1) is 0 Å². The van der Waals surface area contributed by atoms with Gasteiger partial charge in [0.2, 0.25) is 5.88 Å². The van der Waals surface area contributed by atoms with E-state index in [0.29, 0.717) is 37.0 Å². The van der Waals surface area contributed by atoms with Gasteiger partial charge in [-0.05, 0) is 30.3 Å². The van der Waals surface area contributed by atoms with E-state index in [4.69, 9.17) is 14.2 Å². The number of benzene rings is 1. The fourth-order valence-corrected chi connectivity index (χ4v) is 2.33. The smallest absolute Gasteiger partial charge is 0.252 e. The van der Waals surface area contributed by atoms with Crippen molar-refractivity contribution in [3.63, 3.8) is 0 Å². The van der Waals surface area contributed by atoms with Crippen LogP contribution in [0.25, 0.3) is 0 Å². The predicted molar refractivity (Wildman–Crippen MR) is 88.3 cm³/mol. The Balaban J connectivity index is 1.40. The number of amides is 1. The van der Waals surface area contributed by atoms with Crippen LogP contribution >= 0.6 is 0 Å². The lowest BCUT2D eigenvalue weighted by Gasteiger charge is -2.11. The van der Waals surface area contributed by atoms with Crippen LogP contribution in [-0.4, -0.2) is 43.4 Å². The highest BCUT2D eigenvalue weighted by atomic mass is 19.1. The van der Waals surface area contributed by atoms with Crippen molar-refractivity contribution in [1.82, 2.24) is 10.3 Å². The topological polar surface area (TPSA) is 69.7 Å². The summed E-state index contributed by atoms with van der Waals surface area (Å²) < 4.78 is 29.1. The van der Waals surface area contributed by atoms with Gasteiger partial charge < -0.3 is 19.5 Å². The highest BCUT2D eigenvalue weighted by Gasteiger charge is 2.17. The average Bonchev–Trinajstić information content (AvgIpc) is 3.14. The minimum atomic E-state index is -0.318. The van der Waals surface area contributed by atoms with Crippen molar-refractivity contribution in [2.45, 2.75) is 12.5 Å². The number of rotatable bonds is 7. The van der Waals surface area contributed by atoms with Gasteiger partial charge in [-0.25, -0.2) is 9.37 Å². The van der Waals surface area contributed by atoms with Crippen molar-refractivity contribution < 1.29 is 23.4 Å². The SMILES string of the molecule is O=C(NCCOc1ccc(F)cc1)c1ccc(O[C@@H]2CCOC2)nc1. The van der Waals surface area contributed by atoms with Gasteiger partial charge in [0.1, 0.15) is 24.3 Å². The number of nitrogens with one attached hydrogen (secondary N) is 1. The van der Waals surface area contributed by atoms with E-state index in [1.54, 1.807) is 12.1 Å². The highest BCUT2D eigenvalue weighted by Crippen LogP contribution is 2.14. The first kappa shape index (κ1) is 17.2. The molecule has 25 heavy (non-hydrogen) atoms. The second kappa shape index (κ2) is 8.43. The number of carbonyl (C=O) groups excluding carboxylic acids is 1. The molecule has 0 aliphatic carbocycles. The normalized spacial score (nSPS) is 16.4. The van der Waals surface area contributed by atoms with Crippen LogP contribution in [0.2, 0.25) is 0 Å². The van der Waals surface area contributed by atoms with Crippen molar-refractivity contribution in [1.29, 1.82) is 0 Å². The second-order valence-corrected chi connectivity index (χ2v) is 5.55. The maximum absolute atomic E-state index is 12.8. The predicted octanol–water partition coefficient (Wildman–Crippen LogP) is 2.20. The van der Waals surface area contributed by atoms with Gasteiger partial charge in [-0.2, -0.15) is 0 Å². The van der Waals surface area contributed by atoms with E-state index in [9.17, 15) is 9.18 Å². The standard InChI is InChI=1S/C18H19FN2O4/c19-14-2-4-15(5-3-14)24-10-8-20-18(22)13-1-6-17(21-11-13)25-16-7-9-23-12-16/h1-6,11,16H,7-10,12H2,(H,20,22)/t16-/m1/s1. The Morgan fingerprint density at radius 3 is 2.80 bits per heavy atom. The summed E-state index contributed by atoms with van der Waals surface area (Å²) in [5.41, 5.74) is 0.441. The molecule has 1 saturated heterocycles. The summed E-state index contributed by atoms with van der Waals surface area (Å²) in [5.74, 6) is 0.466. The van der Waals surface area contributed by atoms with E-state index >= 15 is 0 Å². The molecule has 0 spiro atoms. The van der Waals surface area contributed by atoms with Crippen molar-refractivity contribution in [3.05, 3.63) is 54.0 Å². The molecule has 1 aliphatic heterocycles. The van der Waals surface area contributed by atoms with Gasteiger partial charge in [-0.3, -0.25) is 4.79 Å². The van der Waals surface area contributed by atoms with Crippen LogP contribution in [0.4, 0.5) is 4.39 Å². The first-order valence-corrected chi connectivity index (χ1v) is 8.08. The molecule has 1 N–H and O–H groups in total. The third-order valence-corrected chi connectivity index (χ3v) is 3.64. The van der Waals surface area contributed by atoms with Crippen molar-refractivity contribution >= 4 is 5.91 Å². The van der Waals surface area contributed by atoms with Crippen molar-refractivity contribution in [3.8, 4) is 11.6 Å². The zero-order chi connectivity index (χ0) is 17.5. The summed E-state index contributed by atoms with van der Waals surface area (Å²) in [6.45, 7) is 1.88. The molecule has 1 aromatic carbocycles. The van der Waals surface area contributed by atoms with Crippen LogP contribution in [-0.2, 0) is 4.74 Å². The summed E-state index contributed by atoms with van der Waals surface area (Å²) in [6.07, 6.45) is 2.34. The molecule has 132 valence electrons.